The summed E-state index contributed by atoms with van der Waals surface area (Å²) in [6, 6.07) is 8.53. The number of nitrogens with one attached hydrogen (secondary N) is 1. The highest BCUT2D eigenvalue weighted by Crippen LogP contribution is 2.48. The molecule has 2 aromatic carbocycles. The third-order valence-electron chi connectivity index (χ3n) is 12.2. The molecule has 282 valence electrons. The van der Waals surface area contributed by atoms with Crippen molar-refractivity contribution in [1.29, 1.82) is 0 Å². The summed E-state index contributed by atoms with van der Waals surface area (Å²) in [4.78, 5) is 32.4. The number of benzene rings is 2. The Hall–Kier alpha value is -3.19. The Morgan fingerprint density at radius 3 is 2.63 bits per heavy atom. The minimum absolute atomic E-state index is 0.0284. The van der Waals surface area contributed by atoms with Gasteiger partial charge in [0.25, 0.3) is 5.91 Å². The molecule has 2 aliphatic carbocycles. The fourth-order valence-electron chi connectivity index (χ4n) is 8.45. The largest absolute Gasteiger partial charge is 0.491 e. The summed E-state index contributed by atoms with van der Waals surface area (Å²) in [5.74, 6) is -0.199. The van der Waals surface area contributed by atoms with Gasteiger partial charge in [-0.25, -0.2) is 17.5 Å². The zero-order valence-corrected chi connectivity index (χ0v) is 31.9. The van der Waals surface area contributed by atoms with Gasteiger partial charge in [0.2, 0.25) is 15.9 Å². The predicted octanol–water partition coefficient (Wildman–Crippen LogP) is 5.43. The molecule has 0 unspecified atom stereocenters. The number of allylic oxidation sites excluding steroid dienone is 1. The van der Waals surface area contributed by atoms with E-state index in [-0.39, 0.29) is 46.3 Å². The number of rotatable bonds is 4. The van der Waals surface area contributed by atoms with Gasteiger partial charge in [-0.1, -0.05) is 30.7 Å². The van der Waals surface area contributed by atoms with Crippen molar-refractivity contribution in [2.45, 2.75) is 70.3 Å². The molecular formula is C39H50ClFN4O6S. The number of hydrogen-bond acceptors (Lipinski definition) is 8. The van der Waals surface area contributed by atoms with Gasteiger partial charge in [0, 0.05) is 38.3 Å². The Morgan fingerprint density at radius 1 is 1.08 bits per heavy atom. The van der Waals surface area contributed by atoms with Crippen LogP contribution in [-0.2, 0) is 32.5 Å². The van der Waals surface area contributed by atoms with E-state index in [1.807, 2.05) is 29.8 Å². The lowest BCUT2D eigenvalue weighted by Gasteiger charge is -2.48. The number of nitrogens with zero attached hydrogens (tertiary/aromatic N) is 3. The molecule has 1 saturated carbocycles. The zero-order chi connectivity index (χ0) is 36.7. The molecule has 2 amide bonds. The number of halogens is 2. The van der Waals surface area contributed by atoms with E-state index in [0.29, 0.717) is 88.6 Å². The maximum Gasteiger partial charge on any atom is 0.264 e. The van der Waals surface area contributed by atoms with Crippen LogP contribution in [0.15, 0.2) is 42.0 Å². The Morgan fingerprint density at radius 2 is 1.88 bits per heavy atom. The fraction of sp³-hybridized carbons (Fsp3) is 0.590. The lowest BCUT2D eigenvalue weighted by molar-refractivity contribution is -0.137. The number of ether oxygens (including phenoxy) is 2. The van der Waals surface area contributed by atoms with Crippen molar-refractivity contribution in [3.63, 3.8) is 0 Å². The zero-order valence-electron chi connectivity index (χ0n) is 30.3. The average molecular weight is 757 g/mol. The summed E-state index contributed by atoms with van der Waals surface area (Å²) < 4.78 is 58.2. The van der Waals surface area contributed by atoms with Crippen LogP contribution in [0.5, 0.6) is 5.75 Å². The number of fused-ring (bicyclic) bond motifs is 5. The van der Waals surface area contributed by atoms with Crippen LogP contribution < -0.4 is 14.4 Å². The van der Waals surface area contributed by atoms with Crippen molar-refractivity contribution in [3.05, 3.63) is 69.5 Å². The van der Waals surface area contributed by atoms with Crippen molar-refractivity contribution in [2.75, 3.05) is 57.9 Å². The van der Waals surface area contributed by atoms with Gasteiger partial charge in [-0.05, 0) is 117 Å². The lowest BCUT2D eigenvalue weighted by Crippen LogP contribution is -2.50. The van der Waals surface area contributed by atoms with E-state index in [0.717, 1.165) is 24.9 Å². The second-order valence-corrected chi connectivity index (χ2v) is 17.9. The molecule has 52 heavy (non-hydrogen) atoms. The maximum absolute atomic E-state index is 15.6. The quantitative estimate of drug-likeness (QED) is 0.412. The summed E-state index contributed by atoms with van der Waals surface area (Å²) in [6.07, 6.45) is 6.59. The number of carbonyl (C=O) groups is 2. The van der Waals surface area contributed by atoms with E-state index >= 15 is 4.39 Å². The first kappa shape index (κ1) is 37.1. The van der Waals surface area contributed by atoms with Gasteiger partial charge in [0.05, 0.1) is 41.8 Å². The van der Waals surface area contributed by atoms with Crippen molar-refractivity contribution >= 4 is 39.1 Å². The van der Waals surface area contributed by atoms with Gasteiger partial charge in [0.1, 0.15) is 11.6 Å². The molecule has 4 heterocycles. The summed E-state index contributed by atoms with van der Waals surface area (Å²) in [7, 11) is -2.06. The number of amides is 2. The maximum atomic E-state index is 15.6. The highest BCUT2D eigenvalue weighted by molar-refractivity contribution is 7.90. The summed E-state index contributed by atoms with van der Waals surface area (Å²) in [5.41, 5.74) is 3.43. The van der Waals surface area contributed by atoms with Crippen molar-refractivity contribution in [2.24, 2.45) is 23.7 Å². The molecule has 13 heteroatoms. The highest BCUT2D eigenvalue weighted by atomic mass is 35.5. The molecule has 6 aliphatic rings. The minimum Gasteiger partial charge on any atom is -0.491 e. The topological polar surface area (TPSA) is 108 Å². The van der Waals surface area contributed by atoms with Crippen LogP contribution in [0.25, 0.3) is 0 Å². The van der Waals surface area contributed by atoms with Gasteiger partial charge < -0.3 is 19.3 Å². The summed E-state index contributed by atoms with van der Waals surface area (Å²) in [6.45, 7) is 7.77. The normalized spacial score (nSPS) is 29.6. The number of hydrogen-bond donors (Lipinski definition) is 1. The van der Waals surface area contributed by atoms with Crippen LogP contribution in [-0.4, -0.2) is 94.4 Å². The Balaban J connectivity index is 1.26. The fourth-order valence-corrected chi connectivity index (χ4v) is 9.96. The second kappa shape index (κ2) is 15.3. The molecule has 4 aliphatic heterocycles. The van der Waals surface area contributed by atoms with E-state index in [4.69, 9.17) is 21.1 Å². The molecule has 4 bridgehead atoms. The molecule has 0 radical (unpaired) electrons. The molecule has 10 nitrogen and oxygen atoms in total. The molecule has 1 N–H and O–H groups in total. The first-order chi connectivity index (χ1) is 24.9. The van der Waals surface area contributed by atoms with E-state index in [9.17, 15) is 18.0 Å². The standard InChI is InChI=1S/C39H50ClFN4O6S/c1-24-25(2)52(48,49)42-39(47)26-9-12-35-34(20-26)45(21-27-8-11-33(40)37(41)31(27)6-4-5-16-50-35)22-28-7-10-32(28)38(30-18-29(24)19-30)51-17-15-44-14-13-43(3)23-36(44)46/h8-9,11-12,18,20,24-25,28-29,32,38H,4-7,10,13-17,19,21-23H2,1-3H3,(H,42,47)/t24-,25-,28+,29+,32-,38+/m1/s1. The highest BCUT2D eigenvalue weighted by Gasteiger charge is 2.45. The van der Waals surface area contributed by atoms with Crippen LogP contribution in [0.1, 0.15) is 67.4 Å². The van der Waals surface area contributed by atoms with Gasteiger partial charge in [-0.15, -0.1) is 0 Å². The Labute approximate surface area is 311 Å². The second-order valence-electron chi connectivity index (χ2n) is 15.4. The molecular weight excluding hydrogens is 707 g/mol. The van der Waals surface area contributed by atoms with E-state index in [2.05, 4.69) is 15.7 Å². The van der Waals surface area contributed by atoms with E-state index in [1.165, 1.54) is 5.57 Å². The lowest BCUT2D eigenvalue weighted by atomic mass is 9.64. The summed E-state index contributed by atoms with van der Waals surface area (Å²) in [5, 5.41) is -0.726. The molecule has 2 fully saturated rings. The van der Waals surface area contributed by atoms with Gasteiger partial charge in [-0.2, -0.15) is 0 Å². The number of sulfonamides is 1. The Kier molecular flexibility index (Phi) is 10.9. The first-order valence-electron chi connectivity index (χ1n) is 18.7. The SMILES string of the molecule is C[C@@H]1[C@@H](C)S(=O)(=O)NC(=O)c2ccc3c(c2)N(Cc2ccc(Cl)c(F)c2CCCCO3)C[C@@H]2CC[C@H]2[C@@H](OCCN2CCN(C)CC2=O)C2=C[C@H]1C2. The predicted molar refractivity (Wildman–Crippen MR) is 199 cm³/mol. The molecule has 6 atom stereocenters. The van der Waals surface area contributed by atoms with Gasteiger partial charge >= 0.3 is 0 Å². The molecule has 1 saturated heterocycles. The number of carbonyl (C=O) groups excluding carboxylic acids is 2. The number of likely N-dealkylation sites (N-methyl/N-ethyl adjacent to an activating group) is 1. The first-order valence-corrected chi connectivity index (χ1v) is 20.6. The molecule has 8 rings (SSSR count). The number of anilines is 1. The van der Waals surface area contributed by atoms with Crippen LogP contribution in [0, 0.1) is 29.5 Å². The third-order valence-corrected chi connectivity index (χ3v) is 14.4. The smallest absolute Gasteiger partial charge is 0.264 e. The van der Waals surface area contributed by atoms with Crippen molar-refractivity contribution in [3.8, 4) is 5.75 Å². The number of piperazine rings is 1. The molecule has 2 aromatic rings. The Bertz CT molecular complexity index is 1840. The summed E-state index contributed by atoms with van der Waals surface area (Å²) >= 11 is 6.28. The van der Waals surface area contributed by atoms with Gasteiger partial charge in [0.15, 0.2) is 0 Å². The van der Waals surface area contributed by atoms with E-state index in [1.54, 1.807) is 31.2 Å². The van der Waals surface area contributed by atoms with Crippen LogP contribution in [0.4, 0.5) is 10.1 Å². The van der Waals surface area contributed by atoms with Crippen LogP contribution in [0.3, 0.4) is 0 Å². The van der Waals surface area contributed by atoms with E-state index < -0.39 is 27.0 Å². The van der Waals surface area contributed by atoms with Crippen molar-refractivity contribution in [1.82, 2.24) is 14.5 Å². The minimum atomic E-state index is -4.01. The average Bonchev–Trinajstić information content (AvgIpc) is 3.10. The van der Waals surface area contributed by atoms with Crippen LogP contribution in [0.2, 0.25) is 5.02 Å². The van der Waals surface area contributed by atoms with Crippen LogP contribution >= 0.6 is 11.6 Å². The van der Waals surface area contributed by atoms with Crippen molar-refractivity contribution < 1.29 is 31.9 Å². The molecule has 0 spiro atoms. The monoisotopic (exact) mass is 756 g/mol. The third kappa shape index (κ3) is 7.58. The molecule has 0 aromatic heterocycles. The van der Waals surface area contributed by atoms with Gasteiger partial charge in [-0.3, -0.25) is 14.5 Å².